The van der Waals surface area contributed by atoms with Gasteiger partial charge in [-0.1, -0.05) is 273 Å². The number of fused-ring (bicyclic) bond motifs is 17. The van der Waals surface area contributed by atoms with E-state index in [1.807, 2.05) is 82.3 Å². The van der Waals surface area contributed by atoms with E-state index in [0.29, 0.717) is 68.6 Å². The van der Waals surface area contributed by atoms with Gasteiger partial charge in [-0.15, -0.1) is 0 Å². The van der Waals surface area contributed by atoms with Crippen LogP contribution in [0.5, 0.6) is 0 Å². The van der Waals surface area contributed by atoms with E-state index >= 15 is 0 Å². The van der Waals surface area contributed by atoms with Crippen LogP contribution in [0.1, 0.15) is 179 Å². The summed E-state index contributed by atoms with van der Waals surface area (Å²) in [5.74, 6) is 2.18. The third kappa shape index (κ3) is 25.5. The Kier molecular flexibility index (Phi) is 35.6. The Balaban J connectivity index is 0.000000121. The summed E-state index contributed by atoms with van der Waals surface area (Å²) in [6, 6.07) is 95.5. The van der Waals surface area contributed by atoms with Crippen molar-refractivity contribution in [3.05, 3.63) is 356 Å². The average Bonchev–Trinajstić information content (AvgIpc) is 0.749. The summed E-state index contributed by atoms with van der Waals surface area (Å²) < 4.78 is 26.4. The zero-order chi connectivity index (χ0) is 92.5. The van der Waals surface area contributed by atoms with Crippen molar-refractivity contribution < 1.29 is 63.3 Å². The number of carbonyl (C=O) groups is 5. The summed E-state index contributed by atoms with van der Waals surface area (Å²) in [6.45, 7) is 21.4. The first-order valence-electron chi connectivity index (χ1n) is 49.0. The zero-order valence-corrected chi connectivity index (χ0v) is 78.9. The minimum atomic E-state index is -1.13. The van der Waals surface area contributed by atoms with Crippen molar-refractivity contribution in [1.82, 2.24) is 44.9 Å². The molecular weight excluding hydrogens is 1710 g/mol. The van der Waals surface area contributed by atoms with Crippen LogP contribution in [0.2, 0.25) is 0 Å². The summed E-state index contributed by atoms with van der Waals surface area (Å²) in [7, 11) is 0. The normalized spacial score (nSPS) is 26.1. The van der Waals surface area contributed by atoms with Gasteiger partial charge in [-0.2, -0.15) is 0 Å². The topological polar surface area (TPSA) is 250 Å². The Morgan fingerprint density at radius 2 is 0.585 bits per heavy atom. The summed E-state index contributed by atoms with van der Waals surface area (Å²) in [5.41, 5.74) is 18.8. The number of aliphatic hydroxyl groups is 1. The van der Waals surface area contributed by atoms with Gasteiger partial charge in [-0.25, -0.2) is 24.0 Å². The third-order valence-corrected chi connectivity index (χ3v) is 29.2. The highest BCUT2D eigenvalue weighted by Gasteiger charge is 2.44. The van der Waals surface area contributed by atoms with Crippen LogP contribution in [0.3, 0.4) is 0 Å². The van der Waals surface area contributed by atoms with E-state index in [0.717, 1.165) is 166 Å². The molecule has 5 unspecified atom stereocenters. The number of hydrogen-bond donors (Lipinski definition) is 4. The number of rotatable bonds is 10. The number of hydrogen-bond acceptors (Lipinski definition) is 17. The first kappa shape index (κ1) is 98.2. The van der Waals surface area contributed by atoms with Crippen molar-refractivity contribution in [1.29, 1.82) is 0 Å². The monoisotopic (exact) mass is 1850 g/mol. The molecule has 27 rings (SSSR count). The predicted molar refractivity (Wildman–Crippen MR) is 528 cm³/mol. The molecule has 0 spiro atoms. The van der Waals surface area contributed by atoms with Crippen molar-refractivity contribution in [2.24, 2.45) is 23.7 Å². The number of carboxylic acid groups (broad SMARTS) is 1. The van der Waals surface area contributed by atoms with Crippen molar-refractivity contribution in [3.8, 4) is 0 Å². The van der Waals surface area contributed by atoms with Crippen molar-refractivity contribution in [2.75, 3.05) is 124 Å². The molecule has 23 heteroatoms. The lowest BCUT2D eigenvalue weighted by Gasteiger charge is -2.45. The van der Waals surface area contributed by atoms with Crippen LogP contribution < -0.4 is 10.6 Å². The van der Waals surface area contributed by atoms with Gasteiger partial charge in [0.05, 0.1) is 49.5 Å². The Morgan fingerprint density at radius 1 is 0.319 bits per heavy atom. The predicted octanol–water partition coefficient (Wildman–Crippen LogP) is 18.8. The number of ether oxygens (including phenoxy) is 5. The number of carbonyl (C=O) groups excluding carboxylic acids is 4. The van der Waals surface area contributed by atoms with E-state index < -0.39 is 11.6 Å². The maximum absolute atomic E-state index is 13.2. The van der Waals surface area contributed by atoms with Gasteiger partial charge < -0.3 is 54.9 Å². The summed E-state index contributed by atoms with van der Waals surface area (Å²) >= 11 is 4.72. The number of nitrogens with zero attached hydrogens (tertiary/aromatic N) is 7. The summed E-state index contributed by atoms with van der Waals surface area (Å²) in [4.78, 5) is 73.8. The van der Waals surface area contributed by atoms with Crippen molar-refractivity contribution in [2.45, 2.75) is 152 Å². The number of amides is 3. The van der Waals surface area contributed by atoms with Gasteiger partial charge in [0, 0.05) is 70.5 Å². The summed E-state index contributed by atoms with van der Waals surface area (Å²) in [6.07, 6.45) is 12.5. The molecule has 0 saturated carbocycles. The Morgan fingerprint density at radius 3 is 0.844 bits per heavy atom. The molecule has 0 aliphatic carbocycles. The van der Waals surface area contributed by atoms with Crippen LogP contribution in [0.25, 0.3) is 0 Å². The number of nitrogens with one attached hydrogen (secondary N) is 2. The van der Waals surface area contributed by atoms with Crippen molar-refractivity contribution >= 4 is 41.5 Å². The molecule has 9 atom stereocenters. The van der Waals surface area contributed by atoms with E-state index in [1.54, 1.807) is 6.92 Å². The molecule has 135 heavy (non-hydrogen) atoms. The van der Waals surface area contributed by atoms with Gasteiger partial charge in [0.1, 0.15) is 18.3 Å². The Labute approximate surface area is 801 Å². The Hall–Kier alpha value is -11.3. The van der Waals surface area contributed by atoms with E-state index in [-0.39, 0.29) is 66.3 Å². The second-order valence-electron chi connectivity index (χ2n) is 37.1. The van der Waals surface area contributed by atoms with Crippen molar-refractivity contribution in [3.63, 3.8) is 0 Å². The Bertz CT molecular complexity index is 5160. The maximum atomic E-state index is 13.2. The zero-order valence-electron chi connectivity index (χ0n) is 78.1. The highest BCUT2D eigenvalue weighted by Crippen LogP contribution is 2.42. The molecule has 712 valence electrons. The fourth-order valence-electron chi connectivity index (χ4n) is 22.1. The minimum absolute atomic E-state index is 0. The third-order valence-electron chi connectivity index (χ3n) is 29.1. The lowest BCUT2D eigenvalue weighted by Crippen LogP contribution is -2.53. The standard InChI is InChI=1S/2C23H26N2O2.C18H19NO2.2C15H15N.C8H13NO3.C7H13NO.C3H5ClO2.H2O/c2*26-23(27-21-16-24-13-10-18(21)11-14-24)25-15-12-17-6-4-5-9-20(17)22(25)19-7-2-1-3-8-19;1-2-21-18(20)19-13-12-14-8-6-7-11-16(14)17(19)15-9-4-3-5-10-15;2*1-2-7-13(8-3-1)15-14-9-5-4-6-12(14)10-11-16-15;10-8(11)12-7-5-9-3-1-6(7)2-4-9;9-7-5-8-3-1-6(7)2-4-8;1-2-6-3(4)5;/h2*1-9,18,21-22H,10-16H2;3-11,17H,2,12-13H2,1H3;2*1-9,15-16H,10-11H2;6-7H,1-5H2,(H,10,11);6-7,9H,1-5H2;2H2,1H3;1H2/t21-,22-;;;15-;;7-;;;/m0..0.0.../s1. The molecule has 6 N–H and O–H groups in total. The molecule has 10 aromatic carbocycles. The van der Waals surface area contributed by atoms with Gasteiger partial charge in [0.15, 0.2) is 0 Å². The fourth-order valence-corrected chi connectivity index (χ4v) is 22.2. The van der Waals surface area contributed by atoms with Crippen LogP contribution in [0.15, 0.2) is 273 Å². The molecule has 10 aromatic rings. The highest BCUT2D eigenvalue weighted by atomic mass is 35.5. The molecular formula is C112H134ClN9O13. The number of benzene rings is 10. The molecule has 22 nitrogen and oxygen atoms in total. The first-order valence-corrected chi connectivity index (χ1v) is 49.3. The van der Waals surface area contributed by atoms with Gasteiger partial charge >= 0.3 is 29.9 Å². The van der Waals surface area contributed by atoms with Gasteiger partial charge in [-0.05, 0) is 257 Å². The first-order chi connectivity index (χ1) is 65.7. The van der Waals surface area contributed by atoms with E-state index in [4.69, 9.17) is 35.7 Å². The number of piperidine rings is 12. The molecule has 3 amide bonds. The van der Waals surface area contributed by atoms with Crippen LogP contribution in [0.4, 0.5) is 24.0 Å². The van der Waals surface area contributed by atoms with Crippen LogP contribution in [-0.2, 0) is 55.8 Å². The highest BCUT2D eigenvalue weighted by molar-refractivity contribution is 6.61. The maximum Gasteiger partial charge on any atom is 0.506 e. The van der Waals surface area contributed by atoms with Gasteiger partial charge in [0.25, 0.3) is 0 Å². The smallest absolute Gasteiger partial charge is 0.454 e. The van der Waals surface area contributed by atoms with Crippen LogP contribution >= 0.6 is 11.6 Å². The quantitative estimate of drug-likeness (QED) is 0.0564. The second-order valence-corrected chi connectivity index (χ2v) is 37.4. The summed E-state index contributed by atoms with van der Waals surface area (Å²) in [5, 5.41) is 25.0. The molecule has 17 aliphatic rings. The minimum Gasteiger partial charge on any atom is -0.454 e. The molecule has 0 radical (unpaired) electrons. The van der Waals surface area contributed by atoms with E-state index in [1.165, 1.54) is 92.7 Å². The average molecular weight is 1850 g/mol. The second kappa shape index (κ2) is 49.0. The van der Waals surface area contributed by atoms with E-state index in [9.17, 15) is 29.1 Å². The molecule has 12 fully saturated rings. The SMILES string of the molecule is CCOC(=O)Cl.CCOC(=O)N1CCc2ccccc2C1c1ccccc1.O.O=C(O)O[C@H]1CN2CCC1CC2.O=C(OC1CN2CCC1CC2)N1CCc2ccccc2C1c1ccccc1.O=C(O[C@H]1CN2CCC1CC2)N1CCc2ccccc2[C@@H]1c1ccccc1.OC1CN2CCC1CC2.c1ccc(C2NCCc3ccccc32)cc1.c1ccc([C@@H]2NCCc3ccccc32)cc1. The molecule has 8 bridgehead atoms. The fraction of sp³-hybridized carbons (Fsp3) is 0.420. The lowest BCUT2D eigenvalue weighted by molar-refractivity contribution is -0.0490. The molecule has 0 aromatic heterocycles. The molecule has 17 aliphatic heterocycles. The number of halogens is 1. The number of aliphatic hydroxyl groups excluding tert-OH is 1. The van der Waals surface area contributed by atoms with Gasteiger partial charge in [-0.3, -0.25) is 29.4 Å². The van der Waals surface area contributed by atoms with Gasteiger partial charge in [0.2, 0.25) is 0 Å². The largest absolute Gasteiger partial charge is 0.506 e. The van der Waals surface area contributed by atoms with E-state index in [2.05, 4.69) is 247 Å². The molecule has 17 heterocycles. The van der Waals surface area contributed by atoms with Crippen LogP contribution in [-0.4, -0.2) is 229 Å². The van der Waals surface area contributed by atoms with Crippen LogP contribution in [0, 0.1) is 23.7 Å². The molecule has 12 saturated heterocycles. The lowest BCUT2D eigenvalue weighted by atomic mass is 9.86.